The summed E-state index contributed by atoms with van der Waals surface area (Å²) in [5.74, 6) is 3.26. The summed E-state index contributed by atoms with van der Waals surface area (Å²) in [6, 6.07) is 0. The van der Waals surface area contributed by atoms with Crippen molar-refractivity contribution in [2.24, 2.45) is 34.5 Å². The van der Waals surface area contributed by atoms with Gasteiger partial charge < -0.3 is 9.53 Å². The third kappa shape index (κ3) is 4.46. The van der Waals surface area contributed by atoms with Crippen molar-refractivity contribution in [3.8, 4) is 0 Å². The van der Waals surface area contributed by atoms with E-state index in [1.165, 1.54) is 64.2 Å². The van der Waals surface area contributed by atoms with Gasteiger partial charge in [0, 0.05) is 12.7 Å². The summed E-state index contributed by atoms with van der Waals surface area (Å²) in [7, 11) is -1.69. The average molecular weight is 475 g/mol. The normalized spacial score (nSPS) is 40.3. The van der Waals surface area contributed by atoms with Gasteiger partial charge in [0.15, 0.2) is 8.32 Å². The minimum Gasteiger partial charge on any atom is -0.414 e. The average Bonchev–Trinajstić information content (AvgIpc) is 3.08. The molecule has 33 heavy (non-hydrogen) atoms. The summed E-state index contributed by atoms with van der Waals surface area (Å²) in [4.78, 5) is 0. The van der Waals surface area contributed by atoms with Gasteiger partial charge in [-0.15, -0.1) is 0 Å². The van der Waals surface area contributed by atoms with E-state index in [1.807, 2.05) is 11.1 Å². The van der Waals surface area contributed by atoms with Crippen LogP contribution in [-0.2, 0) is 4.43 Å². The van der Waals surface area contributed by atoms with Crippen LogP contribution in [0.1, 0.15) is 112 Å². The van der Waals surface area contributed by atoms with Crippen LogP contribution in [-0.4, -0.2) is 26.1 Å². The molecular weight excluding hydrogens is 420 g/mol. The Morgan fingerprint density at radius 1 is 1.06 bits per heavy atom. The minimum absolute atomic E-state index is 0.303. The van der Waals surface area contributed by atoms with Gasteiger partial charge in [0.25, 0.3) is 0 Å². The highest BCUT2D eigenvalue weighted by Crippen LogP contribution is 2.66. The maximum Gasteiger partial charge on any atom is 0.192 e. The molecule has 0 saturated heterocycles. The fourth-order valence-electron chi connectivity index (χ4n) is 8.71. The number of aliphatic hydroxyl groups is 1. The topological polar surface area (TPSA) is 29.5 Å². The molecule has 0 aliphatic heterocycles. The zero-order valence-corrected chi connectivity index (χ0v) is 24.2. The molecule has 0 aromatic carbocycles. The molecule has 4 rings (SSSR count). The highest BCUT2D eigenvalue weighted by atomic mass is 28.4. The lowest BCUT2D eigenvalue weighted by Gasteiger charge is -2.56. The summed E-state index contributed by atoms with van der Waals surface area (Å²) in [5.41, 5.74) is 4.77. The predicted octanol–water partition coefficient (Wildman–Crippen LogP) is 8.51. The van der Waals surface area contributed by atoms with Crippen molar-refractivity contribution in [1.29, 1.82) is 0 Å². The predicted molar refractivity (Wildman–Crippen MR) is 143 cm³/mol. The molecule has 0 bridgehead atoms. The van der Waals surface area contributed by atoms with E-state index in [4.69, 9.17) is 4.43 Å². The molecule has 4 aliphatic carbocycles. The molecule has 0 amide bonds. The molecule has 190 valence electrons. The van der Waals surface area contributed by atoms with Crippen LogP contribution in [0.2, 0.25) is 18.1 Å². The van der Waals surface area contributed by atoms with Crippen molar-refractivity contribution >= 4 is 8.32 Å². The van der Waals surface area contributed by atoms with E-state index in [1.54, 1.807) is 0 Å². The lowest BCUT2D eigenvalue weighted by atomic mass is 9.50. The Kier molecular flexibility index (Phi) is 7.14. The number of rotatable bonds is 6. The number of hydrogen-bond acceptors (Lipinski definition) is 2. The molecule has 0 heterocycles. The summed E-state index contributed by atoms with van der Waals surface area (Å²) in [6.45, 7) is 20.1. The van der Waals surface area contributed by atoms with Crippen LogP contribution in [0.3, 0.4) is 0 Å². The van der Waals surface area contributed by atoms with Crippen molar-refractivity contribution in [2.75, 3.05) is 6.61 Å². The van der Waals surface area contributed by atoms with Crippen LogP contribution in [0.15, 0.2) is 11.1 Å². The number of hydrogen-bond donors (Lipinski definition) is 1. The molecule has 7 atom stereocenters. The molecular formula is C30H54O2Si. The first-order chi connectivity index (χ1) is 15.3. The SMILES string of the molecule is C[C@H](CCCO)[C@H]1CC[C@H]2C3=C(CC[C@]12C)[C@@]1(C)CC[C@H](O[Si](C)(C)C(C)(C)C)C[C@@H]1CC3. The first kappa shape index (κ1) is 26.0. The molecule has 0 aromatic rings. The van der Waals surface area contributed by atoms with E-state index in [0.717, 1.165) is 30.1 Å². The number of allylic oxidation sites excluding steroid dienone is 2. The molecule has 0 spiro atoms. The first-order valence-corrected chi connectivity index (χ1v) is 17.3. The Hall–Kier alpha value is -0.123. The van der Waals surface area contributed by atoms with Crippen molar-refractivity contribution < 1.29 is 9.53 Å². The zero-order chi connectivity index (χ0) is 24.2. The van der Waals surface area contributed by atoms with Gasteiger partial charge in [-0.1, -0.05) is 52.7 Å². The number of aliphatic hydroxyl groups excluding tert-OH is 1. The fraction of sp³-hybridized carbons (Fsp3) is 0.933. The highest BCUT2D eigenvalue weighted by Gasteiger charge is 2.56. The lowest BCUT2D eigenvalue weighted by Crippen LogP contribution is -2.49. The van der Waals surface area contributed by atoms with Gasteiger partial charge >= 0.3 is 0 Å². The largest absolute Gasteiger partial charge is 0.414 e. The van der Waals surface area contributed by atoms with Crippen LogP contribution in [0.25, 0.3) is 0 Å². The summed E-state index contributed by atoms with van der Waals surface area (Å²) in [5, 5.41) is 9.66. The third-order valence-electron chi connectivity index (χ3n) is 11.8. The molecule has 1 N–H and O–H groups in total. The summed E-state index contributed by atoms with van der Waals surface area (Å²) in [6.07, 6.45) is 14.9. The number of fused-ring (bicyclic) bond motifs is 4. The van der Waals surface area contributed by atoms with Crippen LogP contribution in [0.5, 0.6) is 0 Å². The van der Waals surface area contributed by atoms with Crippen LogP contribution >= 0.6 is 0 Å². The Bertz CT molecular complexity index is 749. The van der Waals surface area contributed by atoms with Crippen molar-refractivity contribution in [3.05, 3.63) is 11.1 Å². The van der Waals surface area contributed by atoms with Gasteiger partial charge in [-0.25, -0.2) is 0 Å². The van der Waals surface area contributed by atoms with Crippen molar-refractivity contribution in [2.45, 2.75) is 136 Å². The summed E-state index contributed by atoms with van der Waals surface area (Å²) >= 11 is 0. The minimum atomic E-state index is -1.69. The van der Waals surface area contributed by atoms with Gasteiger partial charge in [0.1, 0.15) is 0 Å². The molecule has 2 fully saturated rings. The maximum absolute atomic E-state index is 9.35. The van der Waals surface area contributed by atoms with Crippen LogP contribution in [0, 0.1) is 34.5 Å². The van der Waals surface area contributed by atoms with Crippen molar-refractivity contribution in [1.82, 2.24) is 0 Å². The van der Waals surface area contributed by atoms with Gasteiger partial charge in [0.05, 0.1) is 0 Å². The third-order valence-corrected chi connectivity index (χ3v) is 16.3. The fourth-order valence-corrected chi connectivity index (χ4v) is 10.1. The Labute approximate surface area is 206 Å². The monoisotopic (exact) mass is 474 g/mol. The molecule has 3 heteroatoms. The molecule has 0 unspecified atom stereocenters. The second kappa shape index (κ2) is 9.07. The zero-order valence-electron chi connectivity index (χ0n) is 23.2. The highest BCUT2D eigenvalue weighted by molar-refractivity contribution is 6.74. The maximum atomic E-state index is 9.35. The van der Waals surface area contributed by atoms with Crippen LogP contribution < -0.4 is 0 Å². The van der Waals surface area contributed by atoms with E-state index < -0.39 is 8.32 Å². The molecule has 0 radical (unpaired) electrons. The standard InChI is InChI=1S/C30H54O2Si/c1-21(10-9-19-31)25-13-14-26-24-12-11-22-20-23(32-33(7,8)28(2,3)4)15-17-29(22,5)27(24)16-18-30(25,26)6/h21-23,25-26,31H,9-20H2,1-8H3/t21-,22+,23+,25-,26+,29+,30-/m1/s1. The Morgan fingerprint density at radius 2 is 1.79 bits per heavy atom. The molecule has 2 saturated carbocycles. The van der Waals surface area contributed by atoms with E-state index in [9.17, 15) is 5.11 Å². The molecule has 2 nitrogen and oxygen atoms in total. The van der Waals surface area contributed by atoms with E-state index >= 15 is 0 Å². The quantitative estimate of drug-likeness (QED) is 0.309. The lowest BCUT2D eigenvalue weighted by molar-refractivity contribution is 0.0182. The first-order valence-electron chi connectivity index (χ1n) is 14.3. The van der Waals surface area contributed by atoms with E-state index in [0.29, 0.717) is 28.6 Å². The molecule has 0 aromatic heterocycles. The van der Waals surface area contributed by atoms with Gasteiger partial charge in [-0.2, -0.15) is 0 Å². The molecule has 4 aliphatic rings. The van der Waals surface area contributed by atoms with Crippen molar-refractivity contribution in [3.63, 3.8) is 0 Å². The van der Waals surface area contributed by atoms with Gasteiger partial charge in [-0.05, 0) is 123 Å². The van der Waals surface area contributed by atoms with Gasteiger partial charge in [-0.3, -0.25) is 0 Å². The summed E-state index contributed by atoms with van der Waals surface area (Å²) < 4.78 is 6.94. The smallest absolute Gasteiger partial charge is 0.192 e. The Morgan fingerprint density at radius 3 is 2.45 bits per heavy atom. The van der Waals surface area contributed by atoms with E-state index in [-0.39, 0.29) is 0 Å². The second-order valence-electron chi connectivity index (χ2n) is 14.5. The van der Waals surface area contributed by atoms with E-state index in [2.05, 4.69) is 54.6 Å². The second-order valence-corrected chi connectivity index (χ2v) is 19.3. The van der Waals surface area contributed by atoms with Crippen LogP contribution in [0.4, 0.5) is 0 Å². The van der Waals surface area contributed by atoms with Gasteiger partial charge in [0.2, 0.25) is 0 Å². The Balaban J connectivity index is 1.50.